The van der Waals surface area contributed by atoms with Crippen LogP contribution in [-0.2, 0) is 6.54 Å². The average molecular weight is 295 g/mol. The number of aromatic nitrogens is 1. The first-order chi connectivity index (χ1) is 8.16. The fourth-order valence-electron chi connectivity index (χ4n) is 1.48. The monoisotopic (exact) mass is 294 g/mol. The zero-order chi connectivity index (χ0) is 12.3. The smallest absolute Gasteiger partial charge is 0.149 e. The van der Waals surface area contributed by atoms with Crippen molar-refractivity contribution in [3.8, 4) is 0 Å². The molecule has 0 atom stereocenters. The lowest BCUT2D eigenvalue weighted by atomic mass is 10.2. The van der Waals surface area contributed by atoms with Gasteiger partial charge in [0.1, 0.15) is 5.82 Å². The lowest BCUT2D eigenvalue weighted by Crippen LogP contribution is -2.03. The minimum absolute atomic E-state index is 0.204. The van der Waals surface area contributed by atoms with Gasteiger partial charge in [0, 0.05) is 10.7 Å². The highest BCUT2D eigenvalue weighted by Crippen LogP contribution is 2.17. The Kier molecular flexibility index (Phi) is 3.74. The predicted molar refractivity (Wildman–Crippen MR) is 70.4 cm³/mol. The Hall–Kier alpha value is -1.42. The molecule has 0 aliphatic heterocycles. The normalized spacial score (nSPS) is 10.3. The molecule has 2 rings (SSSR count). The molecule has 0 bridgehead atoms. The van der Waals surface area contributed by atoms with Gasteiger partial charge in [-0.05, 0) is 46.6 Å². The Bertz CT molecular complexity index is 511. The van der Waals surface area contributed by atoms with Gasteiger partial charge in [0.05, 0.1) is 17.9 Å². The van der Waals surface area contributed by atoms with Gasteiger partial charge in [0.15, 0.2) is 0 Å². The van der Waals surface area contributed by atoms with Gasteiger partial charge in [-0.15, -0.1) is 0 Å². The highest BCUT2D eigenvalue weighted by Gasteiger charge is 2.04. The van der Waals surface area contributed by atoms with E-state index in [1.54, 1.807) is 25.3 Å². The van der Waals surface area contributed by atoms with Crippen molar-refractivity contribution in [2.24, 2.45) is 0 Å². The third kappa shape index (κ3) is 3.03. The summed E-state index contributed by atoms with van der Waals surface area (Å²) in [5, 5.41) is 3.04. The molecule has 0 fully saturated rings. The van der Waals surface area contributed by atoms with E-state index < -0.39 is 0 Å². The van der Waals surface area contributed by atoms with Gasteiger partial charge in [0.2, 0.25) is 0 Å². The van der Waals surface area contributed by atoms with E-state index in [9.17, 15) is 4.39 Å². The Morgan fingerprint density at radius 1 is 1.29 bits per heavy atom. The van der Waals surface area contributed by atoms with E-state index in [1.165, 1.54) is 0 Å². The van der Waals surface area contributed by atoms with Crippen molar-refractivity contribution >= 4 is 21.6 Å². The molecule has 4 heteroatoms. The topological polar surface area (TPSA) is 24.9 Å². The van der Waals surface area contributed by atoms with Crippen LogP contribution in [0.2, 0.25) is 0 Å². The summed E-state index contributed by atoms with van der Waals surface area (Å²) in [5.74, 6) is -0.204. The summed E-state index contributed by atoms with van der Waals surface area (Å²) in [7, 11) is 0. The Labute approximate surface area is 108 Å². The van der Waals surface area contributed by atoms with Crippen LogP contribution >= 0.6 is 15.9 Å². The van der Waals surface area contributed by atoms with Crippen LogP contribution in [0.1, 0.15) is 11.3 Å². The van der Waals surface area contributed by atoms with Crippen molar-refractivity contribution in [3.05, 3.63) is 58.1 Å². The van der Waals surface area contributed by atoms with Crippen LogP contribution in [0.15, 0.2) is 41.0 Å². The van der Waals surface area contributed by atoms with Crippen molar-refractivity contribution in [2.75, 3.05) is 5.32 Å². The Balaban J connectivity index is 2.07. The summed E-state index contributed by atoms with van der Waals surface area (Å²) in [6.07, 6.45) is 1.73. The molecule has 0 amide bonds. The van der Waals surface area contributed by atoms with Crippen molar-refractivity contribution in [3.63, 3.8) is 0 Å². The number of aryl methyl sites for hydroxylation is 1. The maximum atomic E-state index is 13.7. The summed E-state index contributed by atoms with van der Waals surface area (Å²) in [6.45, 7) is 2.26. The van der Waals surface area contributed by atoms with E-state index in [1.807, 2.05) is 18.2 Å². The standard InChI is InChI=1S/C13H12BrFN2/c1-9-3-2-4-12(13(9)15)17-8-11-6-5-10(14)7-16-11/h2-7,17H,8H2,1H3. The molecule has 1 aromatic heterocycles. The van der Waals surface area contributed by atoms with Crippen molar-refractivity contribution in [1.29, 1.82) is 0 Å². The van der Waals surface area contributed by atoms with Crippen LogP contribution < -0.4 is 5.32 Å². The van der Waals surface area contributed by atoms with Crippen LogP contribution in [0.4, 0.5) is 10.1 Å². The fourth-order valence-corrected chi connectivity index (χ4v) is 1.72. The van der Waals surface area contributed by atoms with Gasteiger partial charge in [-0.2, -0.15) is 0 Å². The molecule has 2 nitrogen and oxygen atoms in total. The fraction of sp³-hybridized carbons (Fsp3) is 0.154. The van der Waals surface area contributed by atoms with E-state index >= 15 is 0 Å². The predicted octanol–water partition coefficient (Wildman–Crippen LogP) is 3.90. The lowest BCUT2D eigenvalue weighted by molar-refractivity contribution is 0.621. The third-order valence-corrected chi connectivity index (χ3v) is 2.91. The highest BCUT2D eigenvalue weighted by atomic mass is 79.9. The number of anilines is 1. The summed E-state index contributed by atoms with van der Waals surface area (Å²) >= 11 is 3.32. The first-order valence-corrected chi connectivity index (χ1v) is 6.05. The molecule has 1 aromatic carbocycles. The largest absolute Gasteiger partial charge is 0.377 e. The van der Waals surface area contributed by atoms with Gasteiger partial charge in [-0.3, -0.25) is 4.98 Å². The molecule has 0 saturated carbocycles. The number of hydrogen-bond acceptors (Lipinski definition) is 2. The molecule has 0 radical (unpaired) electrons. The van der Waals surface area contributed by atoms with Gasteiger partial charge in [-0.1, -0.05) is 12.1 Å². The molecule has 1 N–H and O–H groups in total. The number of benzene rings is 1. The minimum Gasteiger partial charge on any atom is -0.377 e. The first kappa shape index (κ1) is 12.0. The summed E-state index contributed by atoms with van der Waals surface area (Å²) in [6, 6.07) is 9.11. The summed E-state index contributed by atoms with van der Waals surface area (Å²) in [4.78, 5) is 4.21. The second-order valence-corrected chi connectivity index (χ2v) is 4.67. The van der Waals surface area contributed by atoms with E-state index in [-0.39, 0.29) is 5.82 Å². The van der Waals surface area contributed by atoms with Gasteiger partial charge >= 0.3 is 0 Å². The Morgan fingerprint density at radius 2 is 2.12 bits per heavy atom. The van der Waals surface area contributed by atoms with E-state index in [4.69, 9.17) is 0 Å². The molecule has 1 heterocycles. The van der Waals surface area contributed by atoms with E-state index in [0.29, 0.717) is 17.8 Å². The first-order valence-electron chi connectivity index (χ1n) is 5.26. The number of rotatable bonds is 3. The minimum atomic E-state index is -0.204. The average Bonchev–Trinajstić information content (AvgIpc) is 2.33. The zero-order valence-electron chi connectivity index (χ0n) is 9.37. The van der Waals surface area contributed by atoms with Crippen LogP contribution in [-0.4, -0.2) is 4.98 Å². The molecule has 0 spiro atoms. The number of nitrogens with one attached hydrogen (secondary N) is 1. The van der Waals surface area contributed by atoms with E-state index in [0.717, 1.165) is 10.2 Å². The quantitative estimate of drug-likeness (QED) is 0.928. The molecule has 0 saturated heterocycles. The molecule has 2 aromatic rings. The lowest BCUT2D eigenvalue weighted by Gasteiger charge is -2.08. The van der Waals surface area contributed by atoms with Gasteiger partial charge in [-0.25, -0.2) is 4.39 Å². The van der Waals surface area contributed by atoms with Crippen LogP contribution in [0.25, 0.3) is 0 Å². The number of halogens is 2. The number of pyridine rings is 1. The molecular formula is C13H12BrFN2. The summed E-state index contributed by atoms with van der Waals surface area (Å²) < 4.78 is 14.6. The SMILES string of the molecule is Cc1cccc(NCc2ccc(Br)cn2)c1F. The molecule has 88 valence electrons. The zero-order valence-corrected chi connectivity index (χ0v) is 11.0. The van der Waals surface area contributed by atoms with Crippen LogP contribution in [0.3, 0.4) is 0 Å². The van der Waals surface area contributed by atoms with Gasteiger partial charge in [0.25, 0.3) is 0 Å². The van der Waals surface area contributed by atoms with Crippen LogP contribution in [0.5, 0.6) is 0 Å². The van der Waals surface area contributed by atoms with E-state index in [2.05, 4.69) is 26.2 Å². The molecule has 0 aliphatic carbocycles. The molecule has 0 unspecified atom stereocenters. The highest BCUT2D eigenvalue weighted by molar-refractivity contribution is 9.10. The van der Waals surface area contributed by atoms with Crippen LogP contribution in [0, 0.1) is 12.7 Å². The number of nitrogens with zero attached hydrogens (tertiary/aromatic N) is 1. The molecule has 17 heavy (non-hydrogen) atoms. The van der Waals surface area contributed by atoms with Crippen molar-refractivity contribution < 1.29 is 4.39 Å². The maximum Gasteiger partial charge on any atom is 0.149 e. The summed E-state index contributed by atoms with van der Waals surface area (Å²) in [5.41, 5.74) is 2.02. The van der Waals surface area contributed by atoms with Crippen molar-refractivity contribution in [1.82, 2.24) is 4.98 Å². The molecular weight excluding hydrogens is 283 g/mol. The second kappa shape index (κ2) is 5.27. The maximum absolute atomic E-state index is 13.7. The molecule has 0 aliphatic rings. The van der Waals surface area contributed by atoms with Crippen molar-refractivity contribution in [2.45, 2.75) is 13.5 Å². The Morgan fingerprint density at radius 3 is 2.82 bits per heavy atom. The second-order valence-electron chi connectivity index (χ2n) is 3.76. The number of hydrogen-bond donors (Lipinski definition) is 1. The van der Waals surface area contributed by atoms with Gasteiger partial charge < -0.3 is 5.32 Å². The third-order valence-electron chi connectivity index (χ3n) is 2.44.